The van der Waals surface area contributed by atoms with E-state index in [-0.39, 0.29) is 12.4 Å². The number of aliphatic hydroxyl groups is 1. The summed E-state index contributed by atoms with van der Waals surface area (Å²) in [4.78, 5) is 10.6. The molecule has 0 spiro atoms. The van der Waals surface area contributed by atoms with E-state index in [1.54, 1.807) is 12.2 Å². The van der Waals surface area contributed by atoms with Crippen molar-refractivity contribution >= 4 is 0 Å². The molecule has 1 aromatic rings. The molecule has 0 bridgehead atoms. The molecule has 5 heteroatoms. The molecule has 1 aromatic heterocycles. The van der Waals surface area contributed by atoms with E-state index in [9.17, 15) is 4.79 Å². The van der Waals surface area contributed by atoms with E-state index in [2.05, 4.69) is 17.6 Å². The molecular formula is C12H16O5. The summed E-state index contributed by atoms with van der Waals surface area (Å²) in [5.41, 5.74) is -0.546. The van der Waals surface area contributed by atoms with Gasteiger partial charge in [0.25, 0.3) is 0 Å². The van der Waals surface area contributed by atoms with Crippen LogP contribution < -0.4 is 5.43 Å². The fourth-order valence-corrected chi connectivity index (χ4v) is 0.761. The van der Waals surface area contributed by atoms with E-state index in [4.69, 9.17) is 14.9 Å². The minimum absolute atomic E-state index is 0.141. The normalized spacial score (nSPS) is 9.00. The van der Waals surface area contributed by atoms with Crippen LogP contribution in [-0.4, -0.2) is 23.4 Å². The molecule has 0 aromatic carbocycles. The van der Waals surface area contributed by atoms with Crippen molar-refractivity contribution in [3.05, 3.63) is 53.6 Å². The molecule has 0 aliphatic carbocycles. The van der Waals surface area contributed by atoms with E-state index < -0.39 is 11.2 Å². The van der Waals surface area contributed by atoms with Gasteiger partial charge >= 0.3 is 0 Å². The third kappa shape index (κ3) is 7.10. The molecule has 0 amide bonds. The zero-order valence-electron chi connectivity index (χ0n) is 9.46. The summed E-state index contributed by atoms with van der Waals surface area (Å²) in [6, 6.07) is 1.04. The highest BCUT2D eigenvalue weighted by molar-refractivity contribution is 5.14. The Balaban J connectivity index is 0.000000325. The number of hydrogen-bond donors (Lipinski definition) is 2. The number of hydrogen-bond acceptors (Lipinski definition) is 5. The highest BCUT2D eigenvalue weighted by Gasteiger charge is 1.98. The third-order valence-electron chi connectivity index (χ3n) is 1.49. The van der Waals surface area contributed by atoms with Crippen molar-refractivity contribution in [1.29, 1.82) is 0 Å². The summed E-state index contributed by atoms with van der Waals surface area (Å²) in [7, 11) is 0. The molecule has 94 valence electrons. The van der Waals surface area contributed by atoms with Crippen LogP contribution in [0.4, 0.5) is 0 Å². The first-order valence-corrected chi connectivity index (χ1v) is 4.86. The highest BCUT2D eigenvalue weighted by Crippen LogP contribution is 2.01. The van der Waals surface area contributed by atoms with Crippen molar-refractivity contribution in [3.8, 4) is 5.75 Å². The Labute approximate surface area is 99.3 Å². The summed E-state index contributed by atoms with van der Waals surface area (Å²) in [6.07, 6.45) is 4.32. The molecule has 0 unspecified atom stereocenters. The molecule has 5 nitrogen and oxygen atoms in total. The second kappa shape index (κ2) is 9.38. The number of aliphatic hydroxyl groups excluding tert-OH is 1. The summed E-state index contributed by atoms with van der Waals surface area (Å²) >= 11 is 0. The maximum atomic E-state index is 10.6. The van der Waals surface area contributed by atoms with Crippen molar-refractivity contribution < 1.29 is 19.4 Å². The quantitative estimate of drug-likeness (QED) is 0.597. The predicted molar refractivity (Wildman–Crippen MR) is 63.8 cm³/mol. The smallest absolute Gasteiger partial charge is 0.226 e. The SMILES string of the molecule is C=CCOCC=C.O=c1cc(CO)occ1O. The molecule has 0 aliphatic rings. The van der Waals surface area contributed by atoms with Crippen LogP contribution >= 0.6 is 0 Å². The van der Waals surface area contributed by atoms with Gasteiger partial charge in [0.05, 0.1) is 13.2 Å². The van der Waals surface area contributed by atoms with Crippen LogP contribution in [0.25, 0.3) is 0 Å². The van der Waals surface area contributed by atoms with Gasteiger partial charge in [0.1, 0.15) is 18.6 Å². The van der Waals surface area contributed by atoms with E-state index >= 15 is 0 Å². The van der Waals surface area contributed by atoms with Crippen LogP contribution in [0.5, 0.6) is 5.75 Å². The predicted octanol–water partition coefficient (Wildman–Crippen LogP) is 1.21. The van der Waals surface area contributed by atoms with Crippen molar-refractivity contribution in [2.24, 2.45) is 0 Å². The molecule has 0 aliphatic heterocycles. The second-order valence-corrected chi connectivity index (χ2v) is 2.87. The molecule has 17 heavy (non-hydrogen) atoms. The van der Waals surface area contributed by atoms with Gasteiger partial charge in [0, 0.05) is 6.07 Å². The fraction of sp³-hybridized carbons (Fsp3) is 0.250. The van der Waals surface area contributed by atoms with Gasteiger partial charge in [-0.05, 0) is 0 Å². The molecular weight excluding hydrogens is 224 g/mol. The zero-order valence-corrected chi connectivity index (χ0v) is 9.46. The van der Waals surface area contributed by atoms with E-state index in [0.29, 0.717) is 13.2 Å². The van der Waals surface area contributed by atoms with Crippen LogP contribution in [0.15, 0.2) is 46.9 Å². The van der Waals surface area contributed by atoms with Gasteiger partial charge in [0.15, 0.2) is 5.75 Å². The van der Waals surface area contributed by atoms with Crippen LogP contribution in [0.1, 0.15) is 5.76 Å². The zero-order chi connectivity index (χ0) is 13.1. The average Bonchev–Trinajstić information content (AvgIpc) is 2.34. The van der Waals surface area contributed by atoms with Gasteiger partial charge < -0.3 is 19.4 Å². The van der Waals surface area contributed by atoms with E-state index in [0.717, 1.165) is 12.3 Å². The lowest BCUT2D eigenvalue weighted by Crippen LogP contribution is -1.99. The maximum absolute atomic E-state index is 10.6. The maximum Gasteiger partial charge on any atom is 0.226 e. The summed E-state index contributed by atoms with van der Waals surface area (Å²) in [5, 5.41) is 17.1. The average molecular weight is 240 g/mol. The lowest BCUT2D eigenvalue weighted by molar-refractivity contribution is 0.194. The minimum Gasteiger partial charge on any atom is -0.502 e. The van der Waals surface area contributed by atoms with Gasteiger partial charge in [-0.25, -0.2) is 0 Å². The second-order valence-electron chi connectivity index (χ2n) is 2.87. The first kappa shape index (κ1) is 15.2. The first-order valence-electron chi connectivity index (χ1n) is 4.86. The highest BCUT2D eigenvalue weighted by atomic mass is 16.5. The Bertz CT molecular complexity index is 386. The van der Waals surface area contributed by atoms with E-state index in [1.165, 1.54) is 0 Å². The summed E-state index contributed by atoms with van der Waals surface area (Å²) < 4.78 is 9.48. The van der Waals surface area contributed by atoms with Crippen molar-refractivity contribution in [3.63, 3.8) is 0 Å². The van der Waals surface area contributed by atoms with Gasteiger partial charge in [-0.15, -0.1) is 13.2 Å². The lowest BCUT2D eigenvalue weighted by atomic mass is 10.4. The molecule has 0 atom stereocenters. The summed E-state index contributed by atoms with van der Waals surface area (Å²) in [6.45, 7) is 7.84. The number of ether oxygens (including phenoxy) is 1. The molecule has 0 radical (unpaired) electrons. The van der Waals surface area contributed by atoms with Crippen molar-refractivity contribution in [2.75, 3.05) is 13.2 Å². The molecule has 1 heterocycles. The minimum atomic E-state index is -0.546. The Kier molecular flexibility index (Phi) is 8.36. The van der Waals surface area contributed by atoms with Crippen LogP contribution in [0.2, 0.25) is 0 Å². The van der Waals surface area contributed by atoms with Gasteiger partial charge in [0.2, 0.25) is 5.43 Å². The fourth-order valence-electron chi connectivity index (χ4n) is 0.761. The lowest BCUT2D eigenvalue weighted by Gasteiger charge is -1.92. The Morgan fingerprint density at radius 1 is 1.35 bits per heavy atom. The molecule has 0 fully saturated rings. The van der Waals surface area contributed by atoms with E-state index in [1.807, 2.05) is 0 Å². The monoisotopic (exact) mass is 240 g/mol. The number of aromatic hydroxyl groups is 1. The van der Waals surface area contributed by atoms with Gasteiger partial charge in [-0.1, -0.05) is 12.2 Å². The third-order valence-corrected chi connectivity index (χ3v) is 1.49. The van der Waals surface area contributed by atoms with Gasteiger partial charge in [-0.2, -0.15) is 0 Å². The van der Waals surface area contributed by atoms with Crippen LogP contribution in [-0.2, 0) is 11.3 Å². The molecule has 1 rings (SSSR count). The van der Waals surface area contributed by atoms with Crippen molar-refractivity contribution in [2.45, 2.75) is 6.61 Å². The van der Waals surface area contributed by atoms with Crippen molar-refractivity contribution in [1.82, 2.24) is 0 Å². The topological polar surface area (TPSA) is 79.9 Å². The van der Waals surface area contributed by atoms with Gasteiger partial charge in [-0.3, -0.25) is 4.79 Å². The molecule has 2 N–H and O–H groups in total. The van der Waals surface area contributed by atoms with Crippen LogP contribution in [0.3, 0.4) is 0 Å². The standard InChI is InChI=1S/C6H6O4.C6H10O/c7-2-4-1-5(8)6(9)3-10-4;1-3-5-7-6-4-2/h1,3,7,9H,2H2;3-4H,1-2,5-6H2. The van der Waals surface area contributed by atoms with Crippen LogP contribution in [0, 0.1) is 0 Å². The molecule has 0 saturated carbocycles. The number of rotatable bonds is 5. The largest absolute Gasteiger partial charge is 0.502 e. The summed E-state index contributed by atoms with van der Waals surface area (Å²) in [5.74, 6) is -0.306. The Morgan fingerprint density at radius 3 is 2.35 bits per heavy atom. The molecule has 0 saturated heterocycles. The first-order chi connectivity index (χ1) is 8.15. The Morgan fingerprint density at radius 2 is 1.94 bits per heavy atom. The Hall–Kier alpha value is -1.85.